The quantitative estimate of drug-likeness (QED) is 0.470. The molecular formula is C12H11N5O4. The average Bonchev–Trinajstić information content (AvgIpc) is 2.88. The summed E-state index contributed by atoms with van der Waals surface area (Å²) in [6, 6.07) is 3.54. The minimum atomic E-state index is -1.41. The van der Waals surface area contributed by atoms with Crippen LogP contribution in [-0.4, -0.2) is 31.1 Å². The van der Waals surface area contributed by atoms with Crippen molar-refractivity contribution in [2.24, 2.45) is 0 Å². The van der Waals surface area contributed by atoms with E-state index in [9.17, 15) is 9.90 Å². The number of rotatable bonds is 1. The molecular weight excluding hydrogens is 278 g/mol. The highest BCUT2D eigenvalue weighted by molar-refractivity contribution is 5.93. The van der Waals surface area contributed by atoms with E-state index in [-0.39, 0.29) is 0 Å². The highest BCUT2D eigenvalue weighted by Gasteiger charge is 2.08. The Labute approximate surface area is 117 Å². The summed E-state index contributed by atoms with van der Waals surface area (Å²) in [7, 11) is 0. The van der Waals surface area contributed by atoms with Crippen LogP contribution in [0, 0.1) is 0 Å². The second-order valence-electron chi connectivity index (χ2n) is 3.87. The Morgan fingerprint density at radius 1 is 1.38 bits per heavy atom. The Hall–Kier alpha value is -3.36. The molecule has 0 saturated carbocycles. The first-order valence-corrected chi connectivity index (χ1v) is 5.68. The number of fused-ring (bicyclic) bond motifs is 1. The van der Waals surface area contributed by atoms with Crippen molar-refractivity contribution in [1.82, 2.24) is 15.0 Å². The minimum Gasteiger partial charge on any atom is -0.872 e. The van der Waals surface area contributed by atoms with E-state index in [4.69, 9.17) is 15.9 Å². The van der Waals surface area contributed by atoms with Gasteiger partial charge < -0.3 is 26.0 Å². The first kappa shape index (κ1) is 14.1. The van der Waals surface area contributed by atoms with Crippen LogP contribution in [0.25, 0.3) is 11.2 Å². The third-order valence-electron chi connectivity index (χ3n) is 2.52. The second-order valence-corrected chi connectivity index (χ2v) is 3.87. The lowest BCUT2D eigenvalue weighted by Crippen LogP contribution is -2.06. The zero-order valence-electron chi connectivity index (χ0n) is 10.6. The predicted octanol–water partition coefficient (Wildman–Crippen LogP) is -0.482. The van der Waals surface area contributed by atoms with Crippen molar-refractivity contribution in [3.63, 3.8) is 0 Å². The Morgan fingerprint density at radius 3 is 2.71 bits per heavy atom. The largest absolute Gasteiger partial charge is 0.872 e. The topological polar surface area (TPSA) is 162 Å². The number of imidazole rings is 1. The molecule has 108 valence electrons. The van der Waals surface area contributed by atoms with E-state index in [1.165, 1.54) is 12.4 Å². The molecule has 0 fully saturated rings. The molecule has 0 saturated heterocycles. The van der Waals surface area contributed by atoms with E-state index < -0.39 is 23.0 Å². The van der Waals surface area contributed by atoms with Crippen molar-refractivity contribution < 1.29 is 25.1 Å². The van der Waals surface area contributed by atoms with Gasteiger partial charge in [0.2, 0.25) is 12.1 Å². The number of nitrogens with one attached hydrogen (secondary N) is 2. The lowest BCUT2D eigenvalue weighted by atomic mass is 10.2. The van der Waals surface area contributed by atoms with Gasteiger partial charge in [-0.2, -0.15) is 0 Å². The molecule has 0 radical (unpaired) electrons. The maximum Gasteiger partial charge on any atom is 0.338 e. The molecule has 0 aliphatic rings. The second kappa shape index (κ2) is 5.74. The maximum absolute atomic E-state index is 10.7. The summed E-state index contributed by atoms with van der Waals surface area (Å²) in [5.74, 6) is -2.12. The minimum absolute atomic E-state index is 0.464. The number of carbonyl (C=O) groups is 1. The van der Waals surface area contributed by atoms with Gasteiger partial charge >= 0.3 is 5.97 Å². The fraction of sp³-hybridized carbons (Fsp3) is 0. The van der Waals surface area contributed by atoms with Crippen LogP contribution in [0.2, 0.25) is 0 Å². The van der Waals surface area contributed by atoms with Gasteiger partial charge in [-0.3, -0.25) is 0 Å². The van der Waals surface area contributed by atoms with Gasteiger partial charge in [-0.1, -0.05) is 27.9 Å². The number of anilines is 1. The van der Waals surface area contributed by atoms with Crippen LogP contribution < -0.4 is 15.8 Å². The molecule has 0 aliphatic heterocycles. The number of aromatic amines is 2. The van der Waals surface area contributed by atoms with Crippen molar-refractivity contribution in [3.05, 3.63) is 36.4 Å². The lowest BCUT2D eigenvalue weighted by molar-refractivity contribution is -0.352. The van der Waals surface area contributed by atoms with Gasteiger partial charge in [-0.15, -0.1) is 0 Å². The summed E-state index contributed by atoms with van der Waals surface area (Å²) in [6.07, 6.45) is 3.08. The van der Waals surface area contributed by atoms with Gasteiger partial charge in [0.1, 0.15) is 5.75 Å². The molecule has 3 rings (SSSR count). The van der Waals surface area contributed by atoms with Crippen molar-refractivity contribution in [1.29, 1.82) is 0 Å². The fourth-order valence-electron chi connectivity index (χ4n) is 1.56. The number of nitrogens with zero attached hydrogens (tertiary/aromatic N) is 2. The van der Waals surface area contributed by atoms with Crippen molar-refractivity contribution in [2.45, 2.75) is 0 Å². The van der Waals surface area contributed by atoms with Crippen LogP contribution in [-0.2, 0) is 0 Å². The predicted molar refractivity (Wildman–Crippen MR) is 69.4 cm³/mol. The fourth-order valence-corrected chi connectivity index (χ4v) is 1.56. The Balaban J connectivity index is 0.000000154. The SMILES string of the molecule is Nc1nc[nH+]c2nc[nH]c12.O=C(O)c1c([O-])cccc1O. The highest BCUT2D eigenvalue weighted by Crippen LogP contribution is 2.23. The first-order valence-electron chi connectivity index (χ1n) is 5.68. The number of aromatic hydroxyl groups is 1. The van der Waals surface area contributed by atoms with Gasteiger partial charge in [0.05, 0.1) is 5.56 Å². The summed E-state index contributed by atoms with van der Waals surface area (Å²) in [6.45, 7) is 0. The van der Waals surface area contributed by atoms with Gasteiger partial charge in [0.25, 0.3) is 5.65 Å². The van der Waals surface area contributed by atoms with Crippen molar-refractivity contribution >= 4 is 23.0 Å². The van der Waals surface area contributed by atoms with Gasteiger partial charge in [-0.05, 0) is 6.07 Å². The van der Waals surface area contributed by atoms with Crippen LogP contribution in [0.4, 0.5) is 5.82 Å². The van der Waals surface area contributed by atoms with Crippen LogP contribution >= 0.6 is 0 Å². The van der Waals surface area contributed by atoms with Crippen LogP contribution in [0.3, 0.4) is 0 Å². The lowest BCUT2D eigenvalue weighted by Gasteiger charge is -2.09. The number of phenols is 1. The summed E-state index contributed by atoms with van der Waals surface area (Å²) in [4.78, 5) is 23.8. The molecule has 1 aromatic carbocycles. The molecule has 21 heavy (non-hydrogen) atoms. The number of hydrogen-bond acceptors (Lipinski definition) is 6. The molecule has 0 spiro atoms. The highest BCUT2D eigenvalue weighted by atomic mass is 16.4. The molecule has 9 heteroatoms. The molecule has 2 aromatic heterocycles. The molecule has 0 amide bonds. The average molecular weight is 289 g/mol. The Kier molecular flexibility index (Phi) is 3.84. The number of H-pyrrole nitrogens is 2. The number of benzene rings is 1. The third kappa shape index (κ3) is 2.97. The number of hydrogen-bond donors (Lipinski definition) is 4. The first-order chi connectivity index (χ1) is 10.0. The molecule has 6 N–H and O–H groups in total. The Bertz CT molecular complexity index is 766. The summed E-state index contributed by atoms with van der Waals surface area (Å²) >= 11 is 0. The van der Waals surface area contributed by atoms with E-state index in [1.54, 1.807) is 6.33 Å². The summed E-state index contributed by atoms with van der Waals surface area (Å²) in [5.41, 5.74) is 6.40. The number of nitrogen functional groups attached to an aromatic ring is 1. The smallest absolute Gasteiger partial charge is 0.338 e. The van der Waals surface area contributed by atoms with Gasteiger partial charge in [0.15, 0.2) is 11.8 Å². The van der Waals surface area contributed by atoms with Crippen molar-refractivity contribution in [2.75, 3.05) is 5.73 Å². The molecule has 0 unspecified atom stereocenters. The number of aromatic carboxylic acids is 1. The Morgan fingerprint density at radius 2 is 2.14 bits per heavy atom. The number of nitrogens with two attached hydrogens (primary N) is 1. The monoisotopic (exact) mass is 289 g/mol. The molecule has 0 atom stereocenters. The van der Waals surface area contributed by atoms with E-state index in [0.29, 0.717) is 5.82 Å². The number of carboxylic acid groups (broad SMARTS) is 1. The van der Waals surface area contributed by atoms with Crippen LogP contribution in [0.1, 0.15) is 10.4 Å². The molecule has 9 nitrogen and oxygen atoms in total. The van der Waals surface area contributed by atoms with Gasteiger partial charge in [-0.25, -0.2) is 9.78 Å². The third-order valence-corrected chi connectivity index (χ3v) is 2.52. The van der Waals surface area contributed by atoms with Crippen molar-refractivity contribution in [3.8, 4) is 11.5 Å². The zero-order valence-corrected chi connectivity index (χ0v) is 10.6. The summed E-state index contributed by atoms with van der Waals surface area (Å²) in [5, 5.41) is 28.0. The van der Waals surface area contributed by atoms with E-state index in [2.05, 4.69) is 19.9 Å². The molecule has 3 aromatic rings. The summed E-state index contributed by atoms with van der Waals surface area (Å²) < 4.78 is 0. The van der Waals surface area contributed by atoms with Gasteiger partial charge in [0, 0.05) is 0 Å². The van der Waals surface area contributed by atoms with E-state index in [1.807, 2.05) is 0 Å². The zero-order chi connectivity index (χ0) is 15.4. The van der Waals surface area contributed by atoms with E-state index >= 15 is 0 Å². The van der Waals surface area contributed by atoms with E-state index in [0.717, 1.165) is 23.3 Å². The van der Waals surface area contributed by atoms with Crippen LogP contribution in [0.5, 0.6) is 11.5 Å². The molecule has 0 aliphatic carbocycles. The maximum atomic E-state index is 10.7. The number of aromatic nitrogens is 4. The van der Waals surface area contributed by atoms with Crippen LogP contribution in [0.15, 0.2) is 30.9 Å². The molecule has 0 bridgehead atoms. The molecule has 2 heterocycles. The normalized spacial score (nSPS) is 9.90. The number of carboxylic acids is 1. The standard InChI is InChI=1S/C7H6O4.C5H5N5/c8-4-2-1-3-5(9)6(4)7(10)11;6-4-3-5(9-1-7-3)10-2-8-4/h1-3,8-9H,(H,10,11);1-2H,(H3,6,7,8,9,10).